The van der Waals surface area contributed by atoms with Crippen LogP contribution in [0.2, 0.25) is 0 Å². The third-order valence-electron chi connectivity index (χ3n) is 3.63. The zero-order valence-corrected chi connectivity index (χ0v) is 11.7. The molecule has 0 fully saturated rings. The van der Waals surface area contributed by atoms with Crippen LogP contribution in [0.1, 0.15) is 17.7 Å². The molecule has 0 aliphatic carbocycles. The summed E-state index contributed by atoms with van der Waals surface area (Å²) in [6.45, 7) is 3.46. The van der Waals surface area contributed by atoms with Crippen molar-refractivity contribution >= 4 is 16.9 Å². The normalized spacial score (nSPS) is 11.4. The highest BCUT2D eigenvalue weighted by molar-refractivity contribution is 5.85. The van der Waals surface area contributed by atoms with Crippen molar-refractivity contribution < 1.29 is 9.90 Å². The predicted molar refractivity (Wildman–Crippen MR) is 76.2 cm³/mol. The lowest BCUT2D eigenvalue weighted by atomic mass is 10.1. The fraction of sp³-hybridized carbons (Fsp3) is 0.400. The highest BCUT2D eigenvalue weighted by atomic mass is 16.4. The maximum absolute atomic E-state index is 10.6. The maximum atomic E-state index is 10.6. The van der Waals surface area contributed by atoms with Crippen molar-refractivity contribution in [1.29, 1.82) is 0 Å². The van der Waals surface area contributed by atoms with Gasteiger partial charge in [-0.1, -0.05) is 18.2 Å². The molecule has 4 heteroatoms. The van der Waals surface area contributed by atoms with E-state index in [4.69, 9.17) is 5.11 Å². The molecule has 0 amide bonds. The molecule has 0 aliphatic rings. The Balaban J connectivity index is 2.23. The third-order valence-corrected chi connectivity index (χ3v) is 3.63. The van der Waals surface area contributed by atoms with E-state index in [0.29, 0.717) is 6.54 Å². The van der Waals surface area contributed by atoms with Gasteiger partial charge in [0, 0.05) is 36.7 Å². The Morgan fingerprint density at radius 1 is 1.37 bits per heavy atom. The van der Waals surface area contributed by atoms with E-state index in [-0.39, 0.29) is 6.42 Å². The molecule has 1 aromatic heterocycles. The molecule has 0 bridgehead atoms. The molecule has 0 saturated heterocycles. The molecule has 1 N–H and O–H groups in total. The van der Waals surface area contributed by atoms with E-state index in [1.54, 1.807) is 0 Å². The van der Waals surface area contributed by atoms with Gasteiger partial charge >= 0.3 is 5.97 Å². The van der Waals surface area contributed by atoms with E-state index >= 15 is 0 Å². The zero-order valence-electron chi connectivity index (χ0n) is 11.7. The Labute approximate surface area is 113 Å². The molecule has 0 unspecified atom stereocenters. The number of aliphatic carboxylic acids is 1. The van der Waals surface area contributed by atoms with Gasteiger partial charge in [-0.3, -0.25) is 4.79 Å². The van der Waals surface area contributed by atoms with Crippen LogP contribution < -0.4 is 0 Å². The molecular formula is C15H20N2O2. The summed E-state index contributed by atoms with van der Waals surface area (Å²) in [6, 6.07) is 8.33. The van der Waals surface area contributed by atoms with Crippen molar-refractivity contribution in [2.75, 3.05) is 13.6 Å². The van der Waals surface area contributed by atoms with E-state index < -0.39 is 5.97 Å². The van der Waals surface area contributed by atoms with Crippen LogP contribution in [0.4, 0.5) is 0 Å². The number of hydrogen-bond donors (Lipinski definition) is 1. The summed E-state index contributed by atoms with van der Waals surface area (Å²) in [6.07, 6.45) is 0.180. The van der Waals surface area contributed by atoms with Gasteiger partial charge in [0.25, 0.3) is 0 Å². The van der Waals surface area contributed by atoms with Crippen LogP contribution in [0.5, 0.6) is 0 Å². The van der Waals surface area contributed by atoms with Gasteiger partial charge in [0.2, 0.25) is 0 Å². The Morgan fingerprint density at radius 3 is 2.68 bits per heavy atom. The summed E-state index contributed by atoms with van der Waals surface area (Å²) in [5.41, 5.74) is 3.75. The van der Waals surface area contributed by atoms with Gasteiger partial charge in [-0.05, 0) is 25.6 Å². The van der Waals surface area contributed by atoms with Crippen molar-refractivity contribution in [1.82, 2.24) is 9.47 Å². The van der Waals surface area contributed by atoms with Gasteiger partial charge < -0.3 is 14.6 Å². The molecule has 1 aromatic carbocycles. The fourth-order valence-corrected chi connectivity index (χ4v) is 2.48. The Kier molecular flexibility index (Phi) is 3.90. The molecule has 1 heterocycles. The number of carbonyl (C=O) groups is 1. The number of aryl methyl sites for hydroxylation is 2. The summed E-state index contributed by atoms with van der Waals surface area (Å²) in [5, 5.41) is 9.99. The number of hydrogen-bond acceptors (Lipinski definition) is 2. The van der Waals surface area contributed by atoms with Crippen LogP contribution in [-0.4, -0.2) is 34.1 Å². The van der Waals surface area contributed by atoms with Gasteiger partial charge in [-0.25, -0.2) is 0 Å². The van der Waals surface area contributed by atoms with Crippen molar-refractivity contribution in [2.45, 2.75) is 19.9 Å². The first-order chi connectivity index (χ1) is 9.00. The number of carboxylic acid groups (broad SMARTS) is 1. The first kappa shape index (κ1) is 13.6. The second-order valence-electron chi connectivity index (χ2n) is 5.03. The van der Waals surface area contributed by atoms with Gasteiger partial charge in [0.15, 0.2) is 0 Å². The molecule has 0 aliphatic heterocycles. The molecule has 0 radical (unpaired) electrons. The van der Waals surface area contributed by atoms with Crippen LogP contribution in [0.15, 0.2) is 24.3 Å². The molecule has 2 aromatic rings. The number of benzene rings is 1. The third kappa shape index (κ3) is 2.79. The van der Waals surface area contributed by atoms with Crippen molar-refractivity contribution in [3.63, 3.8) is 0 Å². The number of fused-ring (bicyclic) bond motifs is 1. The first-order valence-corrected chi connectivity index (χ1v) is 6.44. The summed E-state index contributed by atoms with van der Waals surface area (Å²) in [7, 11) is 4.02. The summed E-state index contributed by atoms with van der Waals surface area (Å²) in [4.78, 5) is 12.6. The summed E-state index contributed by atoms with van der Waals surface area (Å²) in [5.74, 6) is -0.749. The molecule has 4 nitrogen and oxygen atoms in total. The molecule has 2 rings (SSSR count). The SMILES string of the molecule is Cc1c(CN(C)CCC(=O)O)n(C)c2ccccc12. The Morgan fingerprint density at radius 2 is 2.05 bits per heavy atom. The van der Waals surface area contributed by atoms with Crippen LogP contribution >= 0.6 is 0 Å². The number of carboxylic acids is 1. The van der Waals surface area contributed by atoms with Crippen molar-refractivity contribution in [2.24, 2.45) is 7.05 Å². The first-order valence-electron chi connectivity index (χ1n) is 6.44. The molecule has 102 valence electrons. The van der Waals surface area contributed by atoms with Gasteiger partial charge in [-0.2, -0.15) is 0 Å². The van der Waals surface area contributed by atoms with Crippen molar-refractivity contribution in [3.05, 3.63) is 35.5 Å². The minimum absolute atomic E-state index is 0.180. The van der Waals surface area contributed by atoms with Gasteiger partial charge in [0.05, 0.1) is 6.42 Å². The molecular weight excluding hydrogens is 240 g/mol. The highest BCUT2D eigenvalue weighted by Crippen LogP contribution is 2.25. The van der Waals surface area contributed by atoms with Crippen molar-refractivity contribution in [3.8, 4) is 0 Å². The number of para-hydroxylation sites is 1. The summed E-state index contributed by atoms with van der Waals surface area (Å²) < 4.78 is 2.20. The largest absolute Gasteiger partial charge is 0.481 e. The predicted octanol–water partition coefficient (Wildman–Crippen LogP) is 2.39. The Bertz CT molecular complexity index is 562. The lowest BCUT2D eigenvalue weighted by Gasteiger charge is -2.17. The standard InChI is InChI=1S/C15H20N2O2/c1-11-12-6-4-5-7-13(12)17(3)14(11)10-16(2)9-8-15(18)19/h4-7H,8-10H2,1-3H3,(H,18,19). The molecule has 0 spiro atoms. The second-order valence-corrected chi connectivity index (χ2v) is 5.03. The van der Waals surface area contributed by atoms with Crippen LogP contribution in [0, 0.1) is 6.92 Å². The van der Waals surface area contributed by atoms with Gasteiger partial charge in [0.1, 0.15) is 0 Å². The monoisotopic (exact) mass is 260 g/mol. The van der Waals surface area contributed by atoms with Crippen LogP contribution in [0.25, 0.3) is 10.9 Å². The Hall–Kier alpha value is -1.81. The minimum atomic E-state index is -0.749. The van der Waals surface area contributed by atoms with Crippen LogP contribution in [0.3, 0.4) is 0 Å². The fourth-order valence-electron chi connectivity index (χ4n) is 2.48. The average molecular weight is 260 g/mol. The molecule has 0 saturated carbocycles. The lowest BCUT2D eigenvalue weighted by molar-refractivity contribution is -0.137. The molecule has 0 atom stereocenters. The lowest BCUT2D eigenvalue weighted by Crippen LogP contribution is -2.22. The minimum Gasteiger partial charge on any atom is -0.481 e. The topological polar surface area (TPSA) is 45.5 Å². The highest BCUT2D eigenvalue weighted by Gasteiger charge is 2.13. The second kappa shape index (κ2) is 5.45. The smallest absolute Gasteiger partial charge is 0.304 e. The maximum Gasteiger partial charge on any atom is 0.304 e. The number of nitrogens with zero attached hydrogens (tertiary/aromatic N) is 2. The quantitative estimate of drug-likeness (QED) is 0.898. The molecule has 19 heavy (non-hydrogen) atoms. The van der Waals surface area contributed by atoms with Crippen LogP contribution in [-0.2, 0) is 18.4 Å². The number of aromatic nitrogens is 1. The average Bonchev–Trinajstić information content (AvgIpc) is 2.62. The van der Waals surface area contributed by atoms with E-state index in [9.17, 15) is 4.79 Å². The summed E-state index contributed by atoms with van der Waals surface area (Å²) >= 11 is 0. The van der Waals surface area contributed by atoms with E-state index in [2.05, 4.69) is 35.6 Å². The van der Waals surface area contributed by atoms with E-state index in [1.807, 2.05) is 19.2 Å². The van der Waals surface area contributed by atoms with Gasteiger partial charge in [-0.15, -0.1) is 0 Å². The zero-order chi connectivity index (χ0) is 14.0. The van der Waals surface area contributed by atoms with E-state index in [1.165, 1.54) is 22.2 Å². The number of rotatable bonds is 5. The van der Waals surface area contributed by atoms with E-state index in [0.717, 1.165) is 6.54 Å².